The number of carbonyl (C=O) groups is 6. The average Bonchev–Trinajstić information content (AvgIpc) is 3.56. The minimum atomic E-state index is -2.01. The zero-order valence-corrected chi connectivity index (χ0v) is 34.5. The quantitative estimate of drug-likeness (QED) is 0.115. The van der Waals surface area contributed by atoms with Gasteiger partial charge in [-0.05, 0) is 116 Å². The summed E-state index contributed by atoms with van der Waals surface area (Å²) in [5, 5.41) is 21.8. The molecule has 7 N–H and O–H groups in total. The van der Waals surface area contributed by atoms with E-state index >= 15 is 4.39 Å². The Balaban J connectivity index is 1.18. The van der Waals surface area contributed by atoms with E-state index in [2.05, 4.69) is 27.8 Å². The summed E-state index contributed by atoms with van der Waals surface area (Å²) in [4.78, 5) is 88.9. The SMILES string of the molecule is C=C1/C(=C2\c3c(C)cc(F)c(C)c3CC[C@@H]2NC(=O)OCc2ccc(NC(=O)C(CC=O)NC(=O)C(C)NC(=O)[C@H](C)N)cc2)Cn2c1cc1c(c2=O)COC(=O)[C@]1(O)CC. The molecule has 0 saturated heterocycles. The van der Waals surface area contributed by atoms with Crippen LogP contribution in [0, 0.1) is 19.7 Å². The predicted octanol–water partition coefficient (Wildman–Crippen LogP) is 2.84. The summed E-state index contributed by atoms with van der Waals surface area (Å²) in [5.74, 6) is -3.12. The molecule has 17 heteroatoms. The molecule has 0 saturated carbocycles. The van der Waals surface area contributed by atoms with Crippen LogP contribution in [0.15, 0.2) is 53.3 Å². The lowest BCUT2D eigenvalue weighted by Gasteiger charge is -2.32. The summed E-state index contributed by atoms with van der Waals surface area (Å²) >= 11 is 0. The molecular weight excluding hydrogens is 792 g/mol. The lowest BCUT2D eigenvalue weighted by Crippen LogP contribution is -2.53. The normalized spacial score (nSPS) is 20.5. The lowest BCUT2D eigenvalue weighted by molar-refractivity contribution is -0.172. The summed E-state index contributed by atoms with van der Waals surface area (Å²) in [7, 11) is 0. The van der Waals surface area contributed by atoms with E-state index in [4.69, 9.17) is 15.2 Å². The number of aldehydes is 1. The number of aryl methyl sites for hydroxylation is 1. The Kier molecular flexibility index (Phi) is 12.8. The Morgan fingerprint density at radius 2 is 1.79 bits per heavy atom. The molecule has 2 aromatic carbocycles. The maximum atomic E-state index is 15.1. The third-order valence-electron chi connectivity index (χ3n) is 11.5. The van der Waals surface area contributed by atoms with Gasteiger partial charge >= 0.3 is 12.1 Å². The number of carbonyl (C=O) groups excluding carboxylic acids is 6. The summed E-state index contributed by atoms with van der Waals surface area (Å²) in [6, 6.07) is 5.63. The van der Waals surface area contributed by atoms with Crippen LogP contribution in [-0.4, -0.2) is 69.9 Å². The second-order valence-corrected chi connectivity index (χ2v) is 15.6. The van der Waals surface area contributed by atoms with Gasteiger partial charge in [0.1, 0.15) is 37.4 Å². The van der Waals surface area contributed by atoms with Gasteiger partial charge in [0.05, 0.1) is 29.9 Å². The Hall–Kier alpha value is -6.46. The molecule has 5 atom stereocenters. The van der Waals surface area contributed by atoms with Crippen LogP contribution in [0.25, 0.3) is 11.1 Å². The monoisotopic (exact) mass is 840 g/mol. The second-order valence-electron chi connectivity index (χ2n) is 15.6. The van der Waals surface area contributed by atoms with Gasteiger partial charge in [0, 0.05) is 17.7 Å². The van der Waals surface area contributed by atoms with Crippen molar-refractivity contribution in [3.63, 3.8) is 0 Å². The van der Waals surface area contributed by atoms with Gasteiger partial charge in [-0.1, -0.05) is 25.6 Å². The van der Waals surface area contributed by atoms with Crippen LogP contribution in [0.4, 0.5) is 14.9 Å². The summed E-state index contributed by atoms with van der Waals surface area (Å²) in [6.45, 7) is 11.9. The number of allylic oxidation sites excluding steroid dienone is 2. The fourth-order valence-corrected chi connectivity index (χ4v) is 7.98. The predicted molar refractivity (Wildman–Crippen MR) is 221 cm³/mol. The van der Waals surface area contributed by atoms with Crippen molar-refractivity contribution in [3.8, 4) is 0 Å². The van der Waals surface area contributed by atoms with Crippen LogP contribution in [0.3, 0.4) is 0 Å². The van der Waals surface area contributed by atoms with E-state index < -0.39 is 65.1 Å². The molecule has 0 radical (unpaired) electrons. The number of pyridine rings is 1. The number of cyclic esters (lactones) is 1. The molecule has 322 valence electrons. The first-order chi connectivity index (χ1) is 28.9. The van der Waals surface area contributed by atoms with Crippen LogP contribution in [0.1, 0.15) is 84.7 Å². The zero-order valence-electron chi connectivity index (χ0n) is 34.5. The van der Waals surface area contributed by atoms with Gasteiger partial charge in [-0.25, -0.2) is 14.0 Å². The maximum Gasteiger partial charge on any atom is 0.407 e. The van der Waals surface area contributed by atoms with Crippen molar-refractivity contribution >= 4 is 52.9 Å². The molecule has 3 aliphatic rings. The molecular formula is C44H49FN6O10. The van der Waals surface area contributed by atoms with Crippen molar-refractivity contribution in [3.05, 3.63) is 109 Å². The molecule has 2 aliphatic heterocycles. The number of anilines is 1. The van der Waals surface area contributed by atoms with Gasteiger partial charge in [0.15, 0.2) is 5.60 Å². The van der Waals surface area contributed by atoms with Crippen molar-refractivity contribution < 1.29 is 47.7 Å². The molecule has 0 spiro atoms. The highest BCUT2D eigenvalue weighted by molar-refractivity contribution is 6.00. The average molecular weight is 841 g/mol. The number of nitrogens with zero attached hydrogens (tertiary/aromatic N) is 1. The van der Waals surface area contributed by atoms with Crippen molar-refractivity contribution in [2.24, 2.45) is 5.73 Å². The smallest absolute Gasteiger partial charge is 0.407 e. The number of esters is 1. The van der Waals surface area contributed by atoms with Crippen molar-refractivity contribution in [1.82, 2.24) is 20.5 Å². The lowest BCUT2D eigenvalue weighted by atomic mass is 9.76. The van der Waals surface area contributed by atoms with Gasteiger partial charge in [-0.15, -0.1) is 0 Å². The number of nitrogens with one attached hydrogen (secondary N) is 4. The first-order valence-electron chi connectivity index (χ1n) is 19.9. The number of aromatic nitrogens is 1. The molecule has 6 rings (SSSR count). The van der Waals surface area contributed by atoms with E-state index in [9.17, 15) is 38.7 Å². The number of fused-ring (bicyclic) bond motifs is 3. The summed E-state index contributed by atoms with van der Waals surface area (Å²) in [5.41, 5.74) is 9.05. The Morgan fingerprint density at radius 3 is 2.44 bits per heavy atom. The Morgan fingerprint density at radius 1 is 1.08 bits per heavy atom. The molecule has 1 aliphatic carbocycles. The van der Waals surface area contributed by atoms with Gasteiger partial charge < -0.3 is 50.9 Å². The molecule has 16 nitrogen and oxygen atoms in total. The molecule has 61 heavy (non-hydrogen) atoms. The van der Waals surface area contributed by atoms with Crippen LogP contribution in [0.2, 0.25) is 0 Å². The van der Waals surface area contributed by atoms with E-state index in [0.717, 1.165) is 11.1 Å². The van der Waals surface area contributed by atoms with E-state index in [0.29, 0.717) is 63.9 Å². The number of nitrogens with two attached hydrogens (primary N) is 1. The number of halogens is 1. The van der Waals surface area contributed by atoms with Crippen molar-refractivity contribution in [1.29, 1.82) is 0 Å². The molecule has 0 bridgehead atoms. The molecule has 1 aromatic heterocycles. The van der Waals surface area contributed by atoms with Gasteiger partial charge in [0.2, 0.25) is 17.7 Å². The number of hydrogen-bond donors (Lipinski definition) is 6. The van der Waals surface area contributed by atoms with Gasteiger partial charge in [0.25, 0.3) is 5.56 Å². The van der Waals surface area contributed by atoms with E-state index in [1.54, 1.807) is 51.1 Å². The molecule has 3 aromatic rings. The van der Waals surface area contributed by atoms with Crippen LogP contribution < -0.4 is 32.6 Å². The second kappa shape index (κ2) is 17.6. The zero-order chi connectivity index (χ0) is 44.5. The Bertz CT molecular complexity index is 2440. The summed E-state index contributed by atoms with van der Waals surface area (Å²) in [6.07, 6.45) is 0.201. The number of alkyl carbamates (subject to hydrolysis) is 1. The van der Waals surface area contributed by atoms with E-state index in [1.165, 1.54) is 24.5 Å². The molecule has 3 heterocycles. The fraction of sp³-hybridized carbons (Fsp3) is 0.386. The minimum absolute atomic E-state index is 0.0164. The number of rotatable bonds is 12. The number of hydrogen-bond acceptors (Lipinski definition) is 11. The summed E-state index contributed by atoms with van der Waals surface area (Å²) < 4.78 is 27.4. The van der Waals surface area contributed by atoms with Crippen molar-refractivity contribution in [2.45, 2.75) is 110 Å². The fourth-order valence-electron chi connectivity index (χ4n) is 7.98. The van der Waals surface area contributed by atoms with Gasteiger partial charge in [-0.3, -0.25) is 19.2 Å². The Labute approximate surface area is 350 Å². The minimum Gasteiger partial charge on any atom is -0.458 e. The first-order valence-corrected chi connectivity index (χ1v) is 19.9. The van der Waals surface area contributed by atoms with E-state index in [-0.39, 0.29) is 49.5 Å². The standard InChI is InChI=1S/C44H49FN6O10/c1-7-44(59)31-17-35-23(4)29(18-51(35)41(56)30(31)20-60-42(44)57)37-33(13-12-28-22(3)32(45)16-21(2)36(28)37)50-43(58)61-19-26-8-10-27(11-9-26)48-40(55)34(14-15-52)49-39(54)25(6)47-38(53)24(5)46/h8-11,15-17,24-25,33-34,59H,4,7,12-14,18-20,46H2,1-3,5-6H3,(H,47,53)(H,48,55)(H,49,54)(H,50,58)/b37-29-/t24-,25?,33-,34?,44-/m0/s1. The highest BCUT2D eigenvalue weighted by Crippen LogP contribution is 2.45. The van der Waals surface area contributed by atoms with Crippen LogP contribution in [-0.2, 0) is 65.2 Å². The molecule has 2 unspecified atom stereocenters. The highest BCUT2D eigenvalue weighted by Gasteiger charge is 2.46. The van der Waals surface area contributed by atoms with Crippen LogP contribution in [0.5, 0.6) is 0 Å². The number of ether oxygens (including phenoxy) is 2. The first kappa shape index (κ1) is 44.1. The topological polar surface area (TPSA) is 237 Å². The number of aliphatic hydroxyl groups is 1. The third-order valence-corrected chi connectivity index (χ3v) is 11.5. The highest BCUT2D eigenvalue weighted by atomic mass is 19.1. The third kappa shape index (κ3) is 8.61. The van der Waals surface area contributed by atoms with E-state index in [1.807, 2.05) is 0 Å². The number of benzene rings is 2. The van der Waals surface area contributed by atoms with Crippen molar-refractivity contribution in [2.75, 3.05) is 5.32 Å². The molecule has 4 amide bonds. The van der Waals surface area contributed by atoms with Crippen LogP contribution >= 0.6 is 0 Å². The number of amides is 4. The molecule has 0 fully saturated rings. The van der Waals surface area contributed by atoms with Gasteiger partial charge in [-0.2, -0.15) is 0 Å². The maximum absolute atomic E-state index is 15.1. The largest absolute Gasteiger partial charge is 0.458 e.